The number of benzene rings is 2. The minimum absolute atomic E-state index is 0. The fraction of sp³-hybridized carbons (Fsp3) is 0.485. The maximum absolute atomic E-state index is 13.8. The van der Waals surface area contributed by atoms with Crippen molar-refractivity contribution in [2.24, 2.45) is 5.92 Å². The SMILES string of the molecule is C=CCN1C(=O)N(Cc2ccc(Br)cc2)C(=O)C12CCN(CC[C@H](NC(=O)C1CCC(F)(F)CC1)c1ccccc1)CC2.Cl. The third-order valence-electron chi connectivity index (χ3n) is 9.21. The molecule has 2 aromatic rings. The fourth-order valence-corrected chi connectivity index (χ4v) is 6.88. The molecule has 44 heavy (non-hydrogen) atoms. The van der Waals surface area contributed by atoms with Crippen molar-refractivity contribution in [1.29, 1.82) is 0 Å². The summed E-state index contributed by atoms with van der Waals surface area (Å²) in [6, 6.07) is 16.8. The first-order valence-electron chi connectivity index (χ1n) is 15.1. The van der Waals surface area contributed by atoms with Crippen molar-refractivity contribution in [2.45, 2.75) is 69.0 Å². The third-order valence-corrected chi connectivity index (χ3v) is 9.74. The fourth-order valence-electron chi connectivity index (χ4n) is 6.62. The highest BCUT2D eigenvalue weighted by molar-refractivity contribution is 9.10. The lowest BCUT2D eigenvalue weighted by Crippen LogP contribution is -2.56. The Morgan fingerprint density at radius 2 is 1.66 bits per heavy atom. The van der Waals surface area contributed by atoms with Crippen molar-refractivity contribution in [2.75, 3.05) is 26.2 Å². The van der Waals surface area contributed by atoms with E-state index in [0.717, 1.165) is 15.6 Å². The summed E-state index contributed by atoms with van der Waals surface area (Å²) in [5, 5.41) is 3.15. The van der Waals surface area contributed by atoms with E-state index in [1.54, 1.807) is 11.0 Å². The summed E-state index contributed by atoms with van der Waals surface area (Å²) in [5.74, 6) is -3.40. The Labute approximate surface area is 272 Å². The van der Waals surface area contributed by atoms with E-state index in [1.807, 2.05) is 54.6 Å². The highest BCUT2D eigenvalue weighted by Gasteiger charge is 2.57. The molecule has 2 saturated heterocycles. The molecule has 1 aliphatic carbocycles. The van der Waals surface area contributed by atoms with Crippen LogP contribution in [0.2, 0.25) is 0 Å². The van der Waals surface area contributed by atoms with E-state index in [4.69, 9.17) is 0 Å². The van der Waals surface area contributed by atoms with Gasteiger partial charge in [-0.05, 0) is 55.4 Å². The lowest BCUT2D eigenvalue weighted by molar-refractivity contribution is -0.136. The molecule has 7 nitrogen and oxygen atoms in total. The molecule has 0 aromatic heterocycles. The topological polar surface area (TPSA) is 73.0 Å². The van der Waals surface area contributed by atoms with Gasteiger partial charge in [-0.2, -0.15) is 0 Å². The quantitative estimate of drug-likeness (QED) is 0.221. The monoisotopic (exact) mass is 692 g/mol. The molecule has 1 N–H and O–H groups in total. The summed E-state index contributed by atoms with van der Waals surface area (Å²) in [5.41, 5.74) is 0.962. The summed E-state index contributed by atoms with van der Waals surface area (Å²) in [6.07, 6.45) is 3.24. The first-order valence-corrected chi connectivity index (χ1v) is 15.9. The van der Waals surface area contributed by atoms with Crippen LogP contribution >= 0.6 is 28.3 Å². The first kappa shape index (κ1) is 34.1. The molecule has 3 aliphatic rings. The van der Waals surface area contributed by atoms with Crippen molar-refractivity contribution in [3.8, 4) is 0 Å². The second-order valence-corrected chi connectivity index (χ2v) is 12.9. The summed E-state index contributed by atoms with van der Waals surface area (Å²) in [6.45, 7) is 6.30. The largest absolute Gasteiger partial charge is 0.349 e. The number of carbonyl (C=O) groups excluding carboxylic acids is 3. The van der Waals surface area contributed by atoms with Gasteiger partial charge in [0.1, 0.15) is 5.54 Å². The number of urea groups is 1. The highest BCUT2D eigenvalue weighted by atomic mass is 79.9. The van der Waals surface area contributed by atoms with Gasteiger partial charge < -0.3 is 15.1 Å². The van der Waals surface area contributed by atoms with E-state index < -0.39 is 17.4 Å². The van der Waals surface area contributed by atoms with Gasteiger partial charge in [0, 0.05) is 49.4 Å². The Balaban J connectivity index is 0.00000442. The molecule has 2 heterocycles. The third kappa shape index (κ3) is 7.51. The molecule has 1 saturated carbocycles. The predicted octanol–water partition coefficient (Wildman–Crippen LogP) is 6.73. The van der Waals surface area contributed by atoms with Crippen LogP contribution in [0.4, 0.5) is 13.6 Å². The van der Waals surface area contributed by atoms with E-state index >= 15 is 0 Å². The average molecular weight is 694 g/mol. The van der Waals surface area contributed by atoms with Gasteiger partial charge in [0.2, 0.25) is 11.8 Å². The van der Waals surface area contributed by atoms with Crippen LogP contribution in [-0.4, -0.2) is 70.2 Å². The number of nitrogens with zero attached hydrogens (tertiary/aromatic N) is 3. The number of hydrogen-bond acceptors (Lipinski definition) is 4. The molecule has 238 valence electrons. The van der Waals surface area contributed by atoms with Gasteiger partial charge in [0.05, 0.1) is 12.6 Å². The molecule has 0 bridgehead atoms. The lowest BCUT2D eigenvalue weighted by atomic mass is 9.85. The smallest absolute Gasteiger partial charge is 0.328 e. The van der Waals surface area contributed by atoms with Crippen LogP contribution in [0.15, 0.2) is 71.7 Å². The number of likely N-dealkylation sites (tertiary alicyclic amines) is 1. The average Bonchev–Trinajstić information content (AvgIpc) is 3.18. The zero-order chi connectivity index (χ0) is 30.6. The maximum Gasteiger partial charge on any atom is 0.328 e. The van der Waals surface area contributed by atoms with Crippen LogP contribution in [-0.2, 0) is 16.1 Å². The van der Waals surface area contributed by atoms with Crippen molar-refractivity contribution < 1.29 is 23.2 Å². The molecule has 5 rings (SSSR count). The van der Waals surface area contributed by atoms with E-state index in [9.17, 15) is 23.2 Å². The number of halogens is 4. The Morgan fingerprint density at radius 1 is 1.02 bits per heavy atom. The van der Waals surface area contributed by atoms with Crippen molar-refractivity contribution in [3.05, 3.63) is 82.9 Å². The number of rotatable bonds is 10. The number of imide groups is 1. The van der Waals surface area contributed by atoms with E-state index in [0.29, 0.717) is 45.4 Å². The normalized spacial score (nSPS) is 20.8. The van der Waals surface area contributed by atoms with E-state index in [-0.39, 0.29) is 68.5 Å². The molecule has 4 amide bonds. The number of carbonyl (C=O) groups is 3. The number of nitrogens with one attached hydrogen (secondary N) is 1. The molecule has 1 spiro atoms. The zero-order valence-electron chi connectivity index (χ0n) is 24.7. The number of hydrogen-bond donors (Lipinski definition) is 1. The molecular formula is C33H40BrClF2N4O3. The Morgan fingerprint density at radius 3 is 2.27 bits per heavy atom. The van der Waals surface area contributed by atoms with Crippen LogP contribution in [0, 0.1) is 5.92 Å². The van der Waals surface area contributed by atoms with Gasteiger partial charge in [-0.15, -0.1) is 19.0 Å². The summed E-state index contributed by atoms with van der Waals surface area (Å²) >= 11 is 3.43. The lowest BCUT2D eigenvalue weighted by Gasteiger charge is -2.42. The van der Waals surface area contributed by atoms with Gasteiger partial charge in [-0.1, -0.05) is 64.5 Å². The van der Waals surface area contributed by atoms with Gasteiger partial charge in [-0.25, -0.2) is 13.6 Å². The molecule has 0 radical (unpaired) electrons. The summed E-state index contributed by atoms with van der Waals surface area (Å²) < 4.78 is 28.3. The highest BCUT2D eigenvalue weighted by Crippen LogP contribution is 2.39. The standard InChI is InChI=1S/C33H39BrF2N4O3.ClH/c1-2-19-40-31(43)39(23-24-8-10-27(34)11-9-24)30(42)32(40)17-21-38(22-18-32)20-14-28(25-6-4-3-5-7-25)37-29(41)26-12-15-33(35,36)16-13-26;/h2-11,26,28H,1,12-23H2,(H,37,41);1H/t28-;/m0./s1. The van der Waals surface area contributed by atoms with Gasteiger partial charge >= 0.3 is 6.03 Å². The number of piperidine rings is 1. The van der Waals surface area contributed by atoms with Gasteiger partial charge in [0.25, 0.3) is 5.91 Å². The van der Waals surface area contributed by atoms with E-state index in [2.05, 4.69) is 32.7 Å². The van der Waals surface area contributed by atoms with Crippen molar-refractivity contribution in [3.63, 3.8) is 0 Å². The van der Waals surface area contributed by atoms with Crippen LogP contribution in [0.5, 0.6) is 0 Å². The van der Waals surface area contributed by atoms with Crippen molar-refractivity contribution in [1.82, 2.24) is 20.0 Å². The summed E-state index contributed by atoms with van der Waals surface area (Å²) in [7, 11) is 0. The van der Waals surface area contributed by atoms with Gasteiger partial charge in [0.15, 0.2) is 0 Å². The zero-order valence-corrected chi connectivity index (χ0v) is 27.1. The first-order chi connectivity index (χ1) is 20.6. The molecular weight excluding hydrogens is 654 g/mol. The minimum Gasteiger partial charge on any atom is -0.349 e. The summed E-state index contributed by atoms with van der Waals surface area (Å²) in [4.78, 5) is 45.7. The van der Waals surface area contributed by atoms with Gasteiger partial charge in [-0.3, -0.25) is 14.5 Å². The van der Waals surface area contributed by atoms with Crippen LogP contribution in [0.25, 0.3) is 0 Å². The second-order valence-electron chi connectivity index (χ2n) is 12.0. The number of alkyl halides is 2. The molecule has 3 fully saturated rings. The predicted molar refractivity (Wildman–Crippen MR) is 171 cm³/mol. The number of amides is 4. The van der Waals surface area contributed by atoms with Crippen LogP contribution in [0.1, 0.15) is 62.1 Å². The van der Waals surface area contributed by atoms with Crippen molar-refractivity contribution >= 4 is 46.2 Å². The molecule has 1 atom stereocenters. The minimum atomic E-state index is -2.68. The molecule has 2 aliphatic heterocycles. The second kappa shape index (κ2) is 14.5. The molecule has 2 aromatic carbocycles. The Bertz CT molecular complexity index is 1310. The molecule has 11 heteroatoms. The Kier molecular flexibility index (Phi) is 11.2. The Hall–Kier alpha value is -2.82. The maximum atomic E-state index is 13.8. The molecule has 0 unspecified atom stereocenters. The van der Waals surface area contributed by atoms with Crippen LogP contribution < -0.4 is 5.32 Å². The van der Waals surface area contributed by atoms with E-state index in [1.165, 1.54) is 4.90 Å². The van der Waals surface area contributed by atoms with Crippen LogP contribution in [0.3, 0.4) is 0 Å².